The molecule has 6 rings (SSSR count). The number of halogens is 3. The van der Waals surface area contributed by atoms with Gasteiger partial charge in [0.25, 0.3) is 5.91 Å². The van der Waals surface area contributed by atoms with Gasteiger partial charge in [0.2, 0.25) is 0 Å². The van der Waals surface area contributed by atoms with Gasteiger partial charge in [0.15, 0.2) is 5.78 Å². The largest absolute Gasteiger partial charge is 0.455 e. The van der Waals surface area contributed by atoms with Gasteiger partial charge in [-0.15, -0.1) is 0 Å². The molecule has 218 valence electrons. The molecule has 0 atom stereocenters. The highest BCUT2D eigenvalue weighted by molar-refractivity contribution is 6.12. The summed E-state index contributed by atoms with van der Waals surface area (Å²) < 4.78 is 51.2. The molecule has 2 heterocycles. The number of hydrogen-bond acceptors (Lipinski definition) is 6. The second kappa shape index (κ2) is 10.8. The van der Waals surface area contributed by atoms with Gasteiger partial charge in [-0.2, -0.15) is 0 Å². The Labute approximate surface area is 244 Å². The molecule has 1 saturated carbocycles. The monoisotopic (exact) mass is 585 g/mol. The van der Waals surface area contributed by atoms with Gasteiger partial charge in [-0.1, -0.05) is 0 Å². The quantitative estimate of drug-likeness (QED) is 0.217. The van der Waals surface area contributed by atoms with E-state index in [1.165, 1.54) is 56.4 Å². The standard InChI is InChI=1S/C33H26F3N3O4/c1-17-23(12-19(13-24(17)35)25(41)16-33(14-21(40)15-33)32-38-10-3-11-39-32)22-8-9-26-27(29(22)36)28(31(42)37-2)30(43-26)18-4-6-20(34)7-5-18/h3-13,21,40H,14-16H2,1-2H3,(H,37,42). The molecule has 1 fully saturated rings. The molecule has 43 heavy (non-hydrogen) atoms. The number of furan rings is 1. The van der Waals surface area contributed by atoms with Crippen LogP contribution in [0.5, 0.6) is 0 Å². The van der Waals surface area contributed by atoms with Crippen molar-refractivity contribution in [2.75, 3.05) is 7.05 Å². The zero-order valence-electron chi connectivity index (χ0n) is 23.2. The highest BCUT2D eigenvalue weighted by Gasteiger charge is 2.48. The van der Waals surface area contributed by atoms with Gasteiger partial charge in [-0.3, -0.25) is 9.59 Å². The van der Waals surface area contributed by atoms with Crippen LogP contribution in [0.3, 0.4) is 0 Å². The molecule has 1 aliphatic rings. The zero-order chi connectivity index (χ0) is 30.5. The third kappa shape index (κ3) is 4.87. The van der Waals surface area contributed by atoms with E-state index in [0.717, 1.165) is 6.07 Å². The van der Waals surface area contributed by atoms with E-state index in [4.69, 9.17) is 4.42 Å². The number of nitrogens with zero attached hydrogens (tertiary/aromatic N) is 2. The van der Waals surface area contributed by atoms with Crippen LogP contribution in [0.2, 0.25) is 0 Å². The maximum atomic E-state index is 16.4. The van der Waals surface area contributed by atoms with Crippen molar-refractivity contribution in [2.45, 2.75) is 37.7 Å². The molecule has 0 unspecified atom stereocenters. The summed E-state index contributed by atoms with van der Waals surface area (Å²) in [6.45, 7) is 1.48. The first kappa shape index (κ1) is 28.3. The summed E-state index contributed by atoms with van der Waals surface area (Å²) in [5.74, 6) is -2.59. The fourth-order valence-corrected chi connectivity index (χ4v) is 5.86. The van der Waals surface area contributed by atoms with E-state index in [1.54, 1.807) is 18.5 Å². The number of aliphatic hydroxyl groups is 1. The van der Waals surface area contributed by atoms with Gasteiger partial charge >= 0.3 is 0 Å². The van der Waals surface area contributed by atoms with Crippen molar-refractivity contribution in [1.82, 2.24) is 15.3 Å². The van der Waals surface area contributed by atoms with Crippen LogP contribution in [0.15, 0.2) is 71.4 Å². The van der Waals surface area contributed by atoms with Crippen LogP contribution in [-0.2, 0) is 5.41 Å². The maximum absolute atomic E-state index is 16.4. The van der Waals surface area contributed by atoms with Crippen LogP contribution in [0, 0.1) is 24.4 Å². The smallest absolute Gasteiger partial charge is 0.255 e. The number of carbonyl (C=O) groups is 2. The number of hydrogen-bond donors (Lipinski definition) is 2. The van der Waals surface area contributed by atoms with Gasteiger partial charge in [0.05, 0.1) is 17.1 Å². The third-order valence-electron chi connectivity index (χ3n) is 8.10. The first-order valence-corrected chi connectivity index (χ1v) is 13.6. The van der Waals surface area contributed by atoms with E-state index in [-0.39, 0.29) is 63.8 Å². The normalized spacial score (nSPS) is 18.0. The van der Waals surface area contributed by atoms with E-state index in [0.29, 0.717) is 11.4 Å². The highest BCUT2D eigenvalue weighted by Crippen LogP contribution is 2.46. The van der Waals surface area contributed by atoms with Crippen molar-refractivity contribution in [1.29, 1.82) is 0 Å². The summed E-state index contributed by atoms with van der Waals surface area (Å²) in [5.41, 5.74) is -0.216. The molecule has 5 aromatic rings. The second-order valence-electron chi connectivity index (χ2n) is 10.8. The molecule has 2 aromatic heterocycles. The molecule has 3 aromatic carbocycles. The van der Waals surface area contributed by atoms with Gasteiger partial charge in [0, 0.05) is 48.0 Å². The molecule has 0 radical (unpaired) electrons. The number of aromatic nitrogens is 2. The minimum Gasteiger partial charge on any atom is -0.455 e. The lowest BCUT2D eigenvalue weighted by atomic mass is 9.63. The number of ketones is 1. The van der Waals surface area contributed by atoms with Crippen LogP contribution < -0.4 is 5.32 Å². The molecule has 0 saturated heterocycles. The summed E-state index contributed by atoms with van der Waals surface area (Å²) in [6.07, 6.45) is 3.02. The highest BCUT2D eigenvalue weighted by atomic mass is 19.1. The number of benzene rings is 3. The fraction of sp³-hybridized carbons (Fsp3) is 0.212. The second-order valence-corrected chi connectivity index (χ2v) is 10.8. The molecule has 0 aliphatic heterocycles. The van der Waals surface area contributed by atoms with Crippen molar-refractivity contribution < 1.29 is 32.3 Å². The summed E-state index contributed by atoms with van der Waals surface area (Å²) in [4.78, 5) is 35.1. The van der Waals surface area contributed by atoms with Crippen LogP contribution >= 0.6 is 0 Å². The predicted molar refractivity (Wildman–Crippen MR) is 153 cm³/mol. The van der Waals surface area contributed by atoms with Crippen LogP contribution in [0.1, 0.15) is 51.4 Å². The lowest BCUT2D eigenvalue weighted by molar-refractivity contribution is 0.0102. The SMILES string of the molecule is CNC(=O)c1c(-c2ccc(F)cc2)oc2ccc(-c3cc(C(=O)CC4(c5ncccn5)CC(O)C4)cc(F)c3C)c(F)c12. The van der Waals surface area contributed by atoms with E-state index < -0.39 is 40.7 Å². The molecular weight excluding hydrogens is 559 g/mol. The first-order valence-electron chi connectivity index (χ1n) is 13.6. The van der Waals surface area contributed by atoms with Gasteiger partial charge < -0.3 is 14.8 Å². The Balaban J connectivity index is 1.45. The number of rotatable bonds is 7. The fourth-order valence-electron chi connectivity index (χ4n) is 5.86. The van der Waals surface area contributed by atoms with Crippen molar-refractivity contribution in [3.8, 4) is 22.5 Å². The van der Waals surface area contributed by atoms with Crippen molar-refractivity contribution in [2.24, 2.45) is 0 Å². The Morgan fingerprint density at radius 1 is 1.02 bits per heavy atom. The first-order chi connectivity index (χ1) is 20.6. The molecule has 2 N–H and O–H groups in total. The molecule has 0 spiro atoms. The average molecular weight is 586 g/mol. The number of nitrogens with one attached hydrogen (secondary N) is 1. The third-order valence-corrected chi connectivity index (χ3v) is 8.10. The van der Waals surface area contributed by atoms with Gasteiger partial charge in [-0.25, -0.2) is 23.1 Å². The number of fused-ring (bicyclic) bond motifs is 1. The van der Waals surface area contributed by atoms with Gasteiger partial charge in [-0.05, 0) is 85.5 Å². The number of carbonyl (C=O) groups excluding carboxylic acids is 2. The summed E-state index contributed by atoms with van der Waals surface area (Å²) in [6, 6.07) is 12.3. The topological polar surface area (TPSA) is 105 Å². The summed E-state index contributed by atoms with van der Waals surface area (Å²) in [5, 5.41) is 12.4. The van der Waals surface area contributed by atoms with Crippen molar-refractivity contribution in [3.63, 3.8) is 0 Å². The number of Topliss-reactive ketones (excluding diaryl/α,β-unsaturated/α-hetero) is 1. The van der Waals surface area contributed by atoms with Crippen LogP contribution in [-0.4, -0.2) is 39.9 Å². The summed E-state index contributed by atoms with van der Waals surface area (Å²) >= 11 is 0. The van der Waals surface area contributed by atoms with Crippen molar-refractivity contribution in [3.05, 3.63) is 107 Å². The number of amides is 1. The van der Waals surface area contributed by atoms with E-state index in [2.05, 4.69) is 15.3 Å². The Bertz CT molecular complexity index is 1880. The Morgan fingerprint density at radius 2 is 1.72 bits per heavy atom. The molecule has 0 bridgehead atoms. The number of aliphatic hydroxyl groups excluding tert-OH is 1. The van der Waals surface area contributed by atoms with E-state index >= 15 is 8.78 Å². The van der Waals surface area contributed by atoms with Crippen LogP contribution in [0.4, 0.5) is 13.2 Å². The van der Waals surface area contributed by atoms with Crippen LogP contribution in [0.25, 0.3) is 33.4 Å². The predicted octanol–water partition coefficient (Wildman–Crippen LogP) is 6.31. The minimum absolute atomic E-state index is 0.0278. The zero-order valence-corrected chi connectivity index (χ0v) is 23.2. The Hall–Kier alpha value is -4.83. The maximum Gasteiger partial charge on any atom is 0.255 e. The Morgan fingerprint density at radius 3 is 2.37 bits per heavy atom. The Kier molecular flexibility index (Phi) is 7.09. The van der Waals surface area contributed by atoms with Gasteiger partial charge in [0.1, 0.15) is 34.6 Å². The molecular formula is C33H26F3N3O4. The average Bonchev–Trinajstić information content (AvgIpc) is 3.39. The molecule has 10 heteroatoms. The molecule has 1 aliphatic carbocycles. The lowest BCUT2D eigenvalue weighted by Gasteiger charge is -2.43. The molecule has 1 amide bonds. The summed E-state index contributed by atoms with van der Waals surface area (Å²) in [7, 11) is 1.39. The van der Waals surface area contributed by atoms with Crippen molar-refractivity contribution >= 4 is 22.7 Å². The molecule has 7 nitrogen and oxygen atoms in total. The minimum atomic E-state index is -0.836. The van der Waals surface area contributed by atoms with E-state index in [1.807, 2.05) is 0 Å². The lowest BCUT2D eigenvalue weighted by Crippen LogP contribution is -2.47. The van der Waals surface area contributed by atoms with E-state index in [9.17, 15) is 19.1 Å².